The highest BCUT2D eigenvalue weighted by Crippen LogP contribution is 2.34. The van der Waals surface area contributed by atoms with Crippen LogP contribution in [0.3, 0.4) is 0 Å². The Labute approximate surface area is 384 Å². The van der Waals surface area contributed by atoms with Crippen LogP contribution < -0.4 is 10.6 Å². The Bertz CT molecular complexity index is 2150. The van der Waals surface area contributed by atoms with Gasteiger partial charge in [-0.2, -0.15) is 0 Å². The van der Waals surface area contributed by atoms with E-state index in [2.05, 4.69) is 20.5 Å². The first-order valence-corrected chi connectivity index (χ1v) is 22.5. The Balaban J connectivity index is 1.29. The van der Waals surface area contributed by atoms with Crippen LogP contribution in [0.15, 0.2) is 66.9 Å². The van der Waals surface area contributed by atoms with E-state index < -0.39 is 28.6 Å². The number of ether oxygens (including phenoxy) is 2. The molecule has 16 nitrogen and oxygen atoms in total. The van der Waals surface area contributed by atoms with Crippen LogP contribution >= 0.6 is 0 Å². The van der Waals surface area contributed by atoms with Crippen molar-refractivity contribution in [3.8, 4) is 0 Å². The highest BCUT2D eigenvalue weighted by molar-refractivity contribution is 5.96. The summed E-state index contributed by atoms with van der Waals surface area (Å²) in [6, 6.07) is 18.3. The van der Waals surface area contributed by atoms with Crippen LogP contribution in [0.1, 0.15) is 90.5 Å². The standard InChI is InChI=1S/C49H68N8O8/c1-10-35-18-19-39(29-38(35)30-41(58)52-40-17-13-14-22-50-40)51-42(59)33-57(32-37-16-12-11-15-36(37)31-53(9)45(62)64-47(2,3)4)44(61)49(8)20-23-54(24-21-49)34-43(60)55-25-27-56(28-26-55)46(63)65-48(5,6)7/h11-19,22,29H,10,20-21,23-28,30-34H2,1-9H3,(H,51,59)(H,50,52,58). The van der Waals surface area contributed by atoms with E-state index in [1.165, 1.54) is 4.90 Å². The zero-order valence-corrected chi connectivity index (χ0v) is 39.7. The van der Waals surface area contributed by atoms with Crippen molar-refractivity contribution in [2.24, 2.45) is 5.41 Å². The smallest absolute Gasteiger partial charge is 0.410 e. The van der Waals surface area contributed by atoms with E-state index in [1.54, 1.807) is 79.0 Å². The van der Waals surface area contributed by atoms with Gasteiger partial charge >= 0.3 is 12.2 Å². The Morgan fingerprint density at radius 2 is 1.34 bits per heavy atom. The normalized spacial score (nSPS) is 15.4. The number of piperazine rings is 1. The maximum atomic E-state index is 14.8. The van der Waals surface area contributed by atoms with Crippen LogP contribution in [0.2, 0.25) is 0 Å². The molecule has 3 heterocycles. The van der Waals surface area contributed by atoms with Crippen LogP contribution in [-0.2, 0) is 54.6 Å². The fourth-order valence-electron chi connectivity index (χ4n) is 7.87. The van der Waals surface area contributed by atoms with Gasteiger partial charge in [-0.3, -0.25) is 24.1 Å². The Kier molecular flexibility index (Phi) is 16.7. The minimum Gasteiger partial charge on any atom is -0.444 e. The third-order valence-corrected chi connectivity index (χ3v) is 11.5. The van der Waals surface area contributed by atoms with E-state index in [4.69, 9.17) is 9.47 Å². The number of aromatic nitrogens is 1. The Hall–Kier alpha value is -6.03. The summed E-state index contributed by atoms with van der Waals surface area (Å²) in [6.45, 7) is 17.7. The number of aryl methyl sites for hydroxylation is 1. The quantitative estimate of drug-likeness (QED) is 0.186. The summed E-state index contributed by atoms with van der Waals surface area (Å²) < 4.78 is 11.1. The van der Waals surface area contributed by atoms with Crippen LogP contribution in [0.5, 0.6) is 0 Å². The molecular formula is C49H68N8O8. The number of amides is 6. The zero-order valence-electron chi connectivity index (χ0n) is 39.7. The maximum absolute atomic E-state index is 14.8. The van der Waals surface area contributed by atoms with Gasteiger partial charge in [-0.1, -0.05) is 50.2 Å². The van der Waals surface area contributed by atoms with Gasteiger partial charge in [0.2, 0.25) is 23.6 Å². The van der Waals surface area contributed by atoms with Gasteiger partial charge in [0, 0.05) is 63.6 Å². The number of carbonyl (C=O) groups excluding carboxylic acids is 6. The van der Waals surface area contributed by atoms with Gasteiger partial charge in [0.1, 0.15) is 23.6 Å². The van der Waals surface area contributed by atoms with E-state index in [9.17, 15) is 28.8 Å². The lowest BCUT2D eigenvalue weighted by Crippen LogP contribution is -2.55. The monoisotopic (exact) mass is 897 g/mol. The molecule has 2 fully saturated rings. The van der Waals surface area contributed by atoms with E-state index in [1.807, 2.05) is 65.0 Å². The summed E-state index contributed by atoms with van der Waals surface area (Å²) in [7, 11) is 1.66. The molecule has 0 bridgehead atoms. The van der Waals surface area contributed by atoms with E-state index in [0.717, 1.165) is 22.3 Å². The molecule has 2 aromatic carbocycles. The second-order valence-corrected chi connectivity index (χ2v) is 19.3. The van der Waals surface area contributed by atoms with Gasteiger partial charge in [0.25, 0.3) is 0 Å². The van der Waals surface area contributed by atoms with Gasteiger partial charge in [-0.05, 0) is 120 Å². The van der Waals surface area contributed by atoms with E-state index >= 15 is 0 Å². The second-order valence-electron chi connectivity index (χ2n) is 19.3. The number of anilines is 2. The first-order valence-electron chi connectivity index (χ1n) is 22.5. The van der Waals surface area contributed by atoms with Crippen molar-refractivity contribution < 1.29 is 38.2 Å². The first kappa shape index (κ1) is 50.0. The van der Waals surface area contributed by atoms with Crippen molar-refractivity contribution in [3.63, 3.8) is 0 Å². The highest BCUT2D eigenvalue weighted by atomic mass is 16.6. The van der Waals surface area contributed by atoms with Gasteiger partial charge in [-0.15, -0.1) is 0 Å². The van der Waals surface area contributed by atoms with Gasteiger partial charge in [0.15, 0.2) is 0 Å². The number of piperidine rings is 1. The lowest BCUT2D eigenvalue weighted by molar-refractivity contribution is -0.147. The summed E-state index contributed by atoms with van der Waals surface area (Å²) in [6.07, 6.45) is 2.43. The molecule has 5 rings (SSSR count). The van der Waals surface area contributed by atoms with Crippen molar-refractivity contribution in [1.82, 2.24) is 29.5 Å². The number of nitrogens with one attached hydrogen (secondary N) is 2. The SMILES string of the molecule is CCc1ccc(NC(=O)CN(Cc2ccccc2CN(C)C(=O)OC(C)(C)C)C(=O)C2(C)CCN(CC(=O)N3CCN(C(=O)OC(C)(C)C)CC3)CC2)cc1CC(=O)Nc1ccccn1. The molecule has 2 saturated heterocycles. The molecule has 0 spiro atoms. The predicted octanol–water partition coefficient (Wildman–Crippen LogP) is 6.34. The molecule has 0 unspecified atom stereocenters. The molecule has 6 amide bonds. The Morgan fingerprint density at radius 1 is 0.723 bits per heavy atom. The summed E-state index contributed by atoms with van der Waals surface area (Å²) >= 11 is 0. The number of benzene rings is 2. The Morgan fingerprint density at radius 3 is 1.94 bits per heavy atom. The summed E-state index contributed by atoms with van der Waals surface area (Å²) in [5, 5.41) is 5.80. The molecule has 352 valence electrons. The van der Waals surface area contributed by atoms with Crippen molar-refractivity contribution in [2.45, 2.75) is 105 Å². The van der Waals surface area contributed by atoms with Crippen molar-refractivity contribution in [1.29, 1.82) is 0 Å². The molecule has 0 aliphatic carbocycles. The fourth-order valence-corrected chi connectivity index (χ4v) is 7.87. The number of likely N-dealkylation sites (tertiary alicyclic amines) is 1. The number of carbonyl (C=O) groups is 6. The maximum Gasteiger partial charge on any atom is 0.410 e. The van der Waals surface area contributed by atoms with Gasteiger partial charge in [-0.25, -0.2) is 14.6 Å². The molecule has 2 aliphatic rings. The molecule has 2 N–H and O–H groups in total. The number of rotatable bonds is 14. The van der Waals surface area contributed by atoms with Crippen LogP contribution in [0.4, 0.5) is 21.1 Å². The molecule has 3 aromatic rings. The topological polar surface area (TPSA) is 174 Å². The van der Waals surface area contributed by atoms with Crippen molar-refractivity contribution in [3.05, 3.63) is 89.1 Å². The fraction of sp³-hybridized carbons (Fsp3) is 0.531. The van der Waals surface area contributed by atoms with Gasteiger partial charge < -0.3 is 39.7 Å². The molecule has 0 saturated carbocycles. The van der Waals surface area contributed by atoms with Gasteiger partial charge in [0.05, 0.1) is 13.0 Å². The molecule has 0 atom stereocenters. The summed E-state index contributed by atoms with van der Waals surface area (Å²) in [4.78, 5) is 93.5. The minimum atomic E-state index is -0.835. The second kappa shape index (κ2) is 21.8. The summed E-state index contributed by atoms with van der Waals surface area (Å²) in [5.74, 6) is -0.424. The third-order valence-electron chi connectivity index (χ3n) is 11.5. The largest absolute Gasteiger partial charge is 0.444 e. The molecule has 65 heavy (non-hydrogen) atoms. The molecular weight excluding hydrogens is 829 g/mol. The molecule has 1 aromatic heterocycles. The lowest BCUT2D eigenvalue weighted by atomic mass is 9.78. The predicted molar refractivity (Wildman–Crippen MR) is 249 cm³/mol. The van der Waals surface area contributed by atoms with E-state index in [-0.39, 0.29) is 56.4 Å². The van der Waals surface area contributed by atoms with E-state index in [0.29, 0.717) is 70.0 Å². The molecule has 0 radical (unpaired) electrons. The first-order chi connectivity index (χ1) is 30.6. The van der Waals surface area contributed by atoms with Crippen LogP contribution in [0.25, 0.3) is 0 Å². The third kappa shape index (κ3) is 15.0. The van der Waals surface area contributed by atoms with Crippen LogP contribution in [-0.4, -0.2) is 136 Å². The average Bonchev–Trinajstić information content (AvgIpc) is 3.24. The number of pyridine rings is 1. The number of hydrogen-bond donors (Lipinski definition) is 2. The minimum absolute atomic E-state index is 0.0287. The average molecular weight is 897 g/mol. The van der Waals surface area contributed by atoms with Crippen molar-refractivity contribution >= 4 is 47.3 Å². The zero-order chi connectivity index (χ0) is 47.5. The van der Waals surface area contributed by atoms with Crippen LogP contribution in [0, 0.1) is 5.41 Å². The number of nitrogens with zero attached hydrogens (tertiary/aromatic N) is 6. The number of hydrogen-bond acceptors (Lipinski definition) is 10. The summed E-state index contributed by atoms with van der Waals surface area (Å²) in [5.41, 5.74) is 1.68. The lowest BCUT2D eigenvalue weighted by Gasteiger charge is -2.42. The van der Waals surface area contributed by atoms with Crippen molar-refractivity contribution in [2.75, 3.05) is 70.0 Å². The molecule has 16 heteroatoms. The molecule has 2 aliphatic heterocycles. The highest BCUT2D eigenvalue weighted by Gasteiger charge is 2.41.